The summed E-state index contributed by atoms with van der Waals surface area (Å²) in [5, 5.41) is 3.28. The number of ether oxygens (including phenoxy) is 1. The molecule has 0 fully saturated rings. The zero-order valence-electron chi connectivity index (χ0n) is 15.8. The predicted octanol–water partition coefficient (Wildman–Crippen LogP) is 3.01. The van der Waals surface area contributed by atoms with E-state index in [-0.39, 0.29) is 23.6 Å². The number of rotatable bonds is 5. The number of carbonyl (C=O) groups is 2. The molecule has 2 rings (SSSR count). The van der Waals surface area contributed by atoms with Crippen molar-refractivity contribution < 1.29 is 14.3 Å². The highest BCUT2D eigenvalue weighted by molar-refractivity contribution is 6.31. The van der Waals surface area contributed by atoms with Crippen LogP contribution in [0.1, 0.15) is 43.6 Å². The van der Waals surface area contributed by atoms with Gasteiger partial charge < -0.3 is 14.6 Å². The second-order valence-corrected chi connectivity index (χ2v) is 7.67. The van der Waals surface area contributed by atoms with Gasteiger partial charge in [-0.1, -0.05) is 29.8 Å². The highest BCUT2D eigenvalue weighted by Gasteiger charge is 2.23. The first-order chi connectivity index (χ1) is 12.6. The van der Waals surface area contributed by atoms with Crippen LogP contribution in [0.4, 0.5) is 0 Å². The van der Waals surface area contributed by atoms with E-state index in [1.807, 2.05) is 26.8 Å². The van der Waals surface area contributed by atoms with Crippen LogP contribution in [0.15, 0.2) is 47.4 Å². The molecule has 1 heterocycles. The van der Waals surface area contributed by atoms with Gasteiger partial charge in [0.2, 0.25) is 0 Å². The van der Waals surface area contributed by atoms with Crippen LogP contribution < -0.4 is 10.9 Å². The lowest BCUT2D eigenvalue weighted by Gasteiger charge is -2.23. The van der Waals surface area contributed by atoms with Gasteiger partial charge >= 0.3 is 5.97 Å². The molecule has 0 unspecified atom stereocenters. The van der Waals surface area contributed by atoms with Gasteiger partial charge in [0.25, 0.3) is 11.5 Å². The van der Waals surface area contributed by atoms with E-state index in [4.69, 9.17) is 16.3 Å². The molecular weight excluding hydrogens is 368 g/mol. The number of carbonyl (C=O) groups excluding carboxylic acids is 2. The quantitative estimate of drug-likeness (QED) is 0.796. The summed E-state index contributed by atoms with van der Waals surface area (Å²) in [7, 11) is 0. The van der Waals surface area contributed by atoms with Crippen molar-refractivity contribution in [1.82, 2.24) is 9.88 Å². The van der Waals surface area contributed by atoms with Crippen molar-refractivity contribution in [3.8, 4) is 0 Å². The minimum atomic E-state index is -0.958. The zero-order chi connectivity index (χ0) is 20.2. The van der Waals surface area contributed by atoms with Gasteiger partial charge in [-0.2, -0.15) is 0 Å². The first kappa shape index (κ1) is 20.7. The molecule has 27 heavy (non-hydrogen) atoms. The van der Waals surface area contributed by atoms with Gasteiger partial charge in [0, 0.05) is 22.8 Å². The summed E-state index contributed by atoms with van der Waals surface area (Å²) in [5.74, 6) is -1.07. The number of halogens is 1. The second-order valence-electron chi connectivity index (χ2n) is 7.26. The van der Waals surface area contributed by atoms with E-state index in [9.17, 15) is 14.4 Å². The molecule has 0 radical (unpaired) electrons. The summed E-state index contributed by atoms with van der Waals surface area (Å²) in [6, 6.07) is 9.82. The van der Waals surface area contributed by atoms with Crippen LogP contribution in [0.3, 0.4) is 0 Å². The highest BCUT2D eigenvalue weighted by atomic mass is 35.5. The number of nitrogens with zero attached hydrogens (tertiary/aromatic N) is 1. The first-order valence-corrected chi connectivity index (χ1v) is 8.91. The molecule has 0 saturated heterocycles. The molecule has 7 heteroatoms. The van der Waals surface area contributed by atoms with Gasteiger partial charge in [0.15, 0.2) is 6.10 Å². The largest absolute Gasteiger partial charge is 0.449 e. The molecule has 0 spiro atoms. The van der Waals surface area contributed by atoms with Crippen LogP contribution in [0, 0.1) is 0 Å². The van der Waals surface area contributed by atoms with Crippen molar-refractivity contribution in [3.63, 3.8) is 0 Å². The summed E-state index contributed by atoms with van der Waals surface area (Å²) in [5.41, 5.74) is 0.228. The number of pyridine rings is 1. The van der Waals surface area contributed by atoms with Crippen LogP contribution in [0.2, 0.25) is 5.02 Å². The second kappa shape index (κ2) is 8.39. The molecule has 0 bridgehead atoms. The van der Waals surface area contributed by atoms with Crippen molar-refractivity contribution in [2.24, 2.45) is 0 Å². The van der Waals surface area contributed by atoms with E-state index in [2.05, 4.69) is 5.32 Å². The molecule has 2 aromatic rings. The molecule has 0 aliphatic carbocycles. The third kappa shape index (κ3) is 5.96. The Bertz CT molecular complexity index is 899. The molecule has 1 aromatic carbocycles. The fourth-order valence-electron chi connectivity index (χ4n) is 2.34. The maximum Gasteiger partial charge on any atom is 0.340 e. The van der Waals surface area contributed by atoms with Gasteiger partial charge in [0.1, 0.15) is 0 Å². The lowest BCUT2D eigenvalue weighted by molar-refractivity contribution is -0.130. The van der Waals surface area contributed by atoms with Gasteiger partial charge in [-0.3, -0.25) is 9.59 Å². The Morgan fingerprint density at radius 2 is 1.85 bits per heavy atom. The van der Waals surface area contributed by atoms with Crippen LogP contribution in [-0.4, -0.2) is 28.1 Å². The van der Waals surface area contributed by atoms with E-state index >= 15 is 0 Å². The Balaban J connectivity index is 2.15. The summed E-state index contributed by atoms with van der Waals surface area (Å²) in [4.78, 5) is 36.5. The Labute approximate surface area is 163 Å². The van der Waals surface area contributed by atoms with Crippen molar-refractivity contribution in [3.05, 3.63) is 69.1 Å². The predicted molar refractivity (Wildman–Crippen MR) is 104 cm³/mol. The number of amides is 1. The lowest BCUT2D eigenvalue weighted by atomic mass is 10.1. The van der Waals surface area contributed by atoms with Crippen molar-refractivity contribution >= 4 is 23.5 Å². The van der Waals surface area contributed by atoms with E-state index in [1.165, 1.54) is 29.8 Å². The summed E-state index contributed by atoms with van der Waals surface area (Å²) in [6.45, 7) is 7.23. The van der Waals surface area contributed by atoms with Crippen LogP contribution in [0.5, 0.6) is 0 Å². The number of aromatic nitrogens is 1. The maximum atomic E-state index is 12.4. The summed E-state index contributed by atoms with van der Waals surface area (Å²) in [6.07, 6.45) is 0.447. The third-order valence-electron chi connectivity index (χ3n) is 3.67. The smallest absolute Gasteiger partial charge is 0.340 e. The van der Waals surface area contributed by atoms with Crippen LogP contribution in [0.25, 0.3) is 0 Å². The van der Waals surface area contributed by atoms with Crippen molar-refractivity contribution in [2.45, 2.75) is 45.9 Å². The van der Waals surface area contributed by atoms with Crippen molar-refractivity contribution in [1.29, 1.82) is 0 Å². The average Bonchev–Trinajstić information content (AvgIpc) is 2.57. The van der Waals surface area contributed by atoms with Gasteiger partial charge in [-0.15, -0.1) is 0 Å². The van der Waals surface area contributed by atoms with Crippen molar-refractivity contribution in [2.75, 3.05) is 0 Å². The molecule has 1 amide bonds. The molecule has 0 aliphatic rings. The van der Waals surface area contributed by atoms with Crippen LogP contribution in [-0.2, 0) is 16.1 Å². The topological polar surface area (TPSA) is 77.4 Å². The van der Waals surface area contributed by atoms with Gasteiger partial charge in [-0.05, 0) is 45.4 Å². The zero-order valence-corrected chi connectivity index (χ0v) is 16.5. The maximum absolute atomic E-state index is 12.4. The lowest BCUT2D eigenvalue weighted by Crippen LogP contribution is -2.46. The van der Waals surface area contributed by atoms with E-state index in [1.54, 1.807) is 18.2 Å². The number of benzene rings is 1. The fourth-order valence-corrected chi connectivity index (χ4v) is 2.53. The Morgan fingerprint density at radius 1 is 1.19 bits per heavy atom. The molecule has 1 N–H and O–H groups in total. The number of hydrogen-bond donors (Lipinski definition) is 1. The highest BCUT2D eigenvalue weighted by Crippen LogP contribution is 2.16. The van der Waals surface area contributed by atoms with E-state index < -0.39 is 17.6 Å². The standard InChI is InChI=1S/C20H23ClN2O4/c1-13(18(25)22-20(2,3)4)27-19(26)15-9-10-17(24)23(12-15)11-14-7-5-6-8-16(14)21/h5-10,12-13H,11H2,1-4H3,(H,22,25)/t13-/m1/s1. The van der Waals surface area contributed by atoms with Crippen LogP contribution >= 0.6 is 11.6 Å². The first-order valence-electron chi connectivity index (χ1n) is 8.54. The summed E-state index contributed by atoms with van der Waals surface area (Å²) >= 11 is 6.13. The molecule has 0 aliphatic heterocycles. The minimum Gasteiger partial charge on any atom is -0.449 e. The number of hydrogen-bond acceptors (Lipinski definition) is 4. The van der Waals surface area contributed by atoms with E-state index in [0.29, 0.717) is 5.02 Å². The Hall–Kier alpha value is -2.60. The molecular formula is C20H23ClN2O4. The fraction of sp³-hybridized carbons (Fsp3) is 0.350. The van der Waals surface area contributed by atoms with Gasteiger partial charge in [0.05, 0.1) is 12.1 Å². The van der Waals surface area contributed by atoms with Gasteiger partial charge in [-0.25, -0.2) is 4.79 Å². The number of esters is 1. The molecule has 1 aromatic heterocycles. The molecule has 6 nitrogen and oxygen atoms in total. The average molecular weight is 391 g/mol. The normalized spacial score (nSPS) is 12.3. The minimum absolute atomic E-state index is 0.178. The SMILES string of the molecule is C[C@@H](OC(=O)c1ccc(=O)n(Cc2ccccc2Cl)c1)C(=O)NC(C)(C)C. The Kier molecular flexibility index (Phi) is 6.44. The molecule has 144 valence electrons. The monoisotopic (exact) mass is 390 g/mol. The molecule has 1 atom stereocenters. The van der Waals surface area contributed by atoms with E-state index in [0.717, 1.165) is 5.56 Å². The Morgan fingerprint density at radius 3 is 2.48 bits per heavy atom. The third-order valence-corrected chi connectivity index (χ3v) is 4.04. The summed E-state index contributed by atoms with van der Waals surface area (Å²) < 4.78 is 6.59. The molecule has 0 saturated carbocycles. The number of nitrogens with one attached hydrogen (secondary N) is 1.